The maximum absolute atomic E-state index is 4.83. The molecule has 3 nitrogen and oxygen atoms in total. The summed E-state index contributed by atoms with van der Waals surface area (Å²) >= 11 is 1.81. The molecule has 0 spiro atoms. The average molecular weight is 315 g/mol. The van der Waals surface area contributed by atoms with E-state index in [1.807, 2.05) is 0 Å². The molecule has 1 aliphatic rings. The van der Waals surface area contributed by atoms with Crippen LogP contribution in [-0.4, -0.2) is 35.2 Å². The highest BCUT2D eigenvalue weighted by atomic mass is 32.1. The Morgan fingerprint density at radius 2 is 2.18 bits per heavy atom. The summed E-state index contributed by atoms with van der Waals surface area (Å²) in [6.45, 7) is 8.60. The van der Waals surface area contributed by atoms with E-state index in [-0.39, 0.29) is 0 Å². The molecule has 0 amide bonds. The van der Waals surface area contributed by atoms with Crippen molar-refractivity contribution < 1.29 is 0 Å². The summed E-state index contributed by atoms with van der Waals surface area (Å²) in [6.07, 6.45) is 2.35. The molecule has 0 N–H and O–H groups in total. The van der Waals surface area contributed by atoms with E-state index in [4.69, 9.17) is 9.98 Å². The third kappa shape index (κ3) is 3.39. The molecule has 1 aliphatic heterocycles. The molecule has 2 aromatic rings. The van der Waals surface area contributed by atoms with Gasteiger partial charge in [-0.3, -0.25) is 9.89 Å². The second-order valence-corrected chi connectivity index (χ2v) is 7.85. The fourth-order valence-electron chi connectivity index (χ4n) is 2.67. The van der Waals surface area contributed by atoms with Crippen LogP contribution in [0.4, 0.5) is 0 Å². The van der Waals surface area contributed by atoms with Gasteiger partial charge in [0.25, 0.3) is 0 Å². The van der Waals surface area contributed by atoms with Gasteiger partial charge in [-0.1, -0.05) is 13.0 Å². The van der Waals surface area contributed by atoms with E-state index in [0.29, 0.717) is 6.04 Å². The number of hydrogen-bond donors (Lipinski definition) is 0. The van der Waals surface area contributed by atoms with Crippen molar-refractivity contribution in [3.8, 4) is 0 Å². The summed E-state index contributed by atoms with van der Waals surface area (Å²) in [5.74, 6) is 0.727. The van der Waals surface area contributed by atoms with E-state index in [9.17, 15) is 0 Å². The molecule has 0 fully saturated rings. The standard InChI is InChI=1S/C18H25N3S/c1-12(2)21(4)11-18-20-16-9-14(6-8-17(16)22-18)15-7-5-13(3)10-19-15/h6,8-9,12-13H,5,7,10-11H2,1-4H3/t13-/m0/s1. The van der Waals surface area contributed by atoms with E-state index in [2.05, 4.69) is 50.9 Å². The number of aliphatic imine (C=N–C) groups is 1. The molecule has 2 heterocycles. The lowest BCUT2D eigenvalue weighted by atomic mass is 9.96. The van der Waals surface area contributed by atoms with Crippen molar-refractivity contribution in [2.45, 2.75) is 46.2 Å². The first-order valence-corrected chi connectivity index (χ1v) is 8.98. The monoisotopic (exact) mass is 315 g/mol. The summed E-state index contributed by atoms with van der Waals surface area (Å²) < 4.78 is 1.28. The first kappa shape index (κ1) is 15.6. The molecule has 0 radical (unpaired) electrons. The molecule has 0 unspecified atom stereocenters. The lowest BCUT2D eigenvalue weighted by Crippen LogP contribution is -2.25. The Balaban J connectivity index is 1.84. The van der Waals surface area contributed by atoms with Gasteiger partial charge >= 0.3 is 0 Å². The van der Waals surface area contributed by atoms with Crippen LogP contribution in [0.15, 0.2) is 23.2 Å². The van der Waals surface area contributed by atoms with E-state index in [0.717, 1.165) is 30.9 Å². The lowest BCUT2D eigenvalue weighted by molar-refractivity contribution is 0.265. The molecule has 118 valence electrons. The van der Waals surface area contributed by atoms with Gasteiger partial charge < -0.3 is 0 Å². The van der Waals surface area contributed by atoms with Crippen molar-refractivity contribution in [1.82, 2.24) is 9.88 Å². The fourth-order valence-corrected chi connectivity index (χ4v) is 3.68. The molecule has 0 saturated heterocycles. The van der Waals surface area contributed by atoms with Crippen molar-refractivity contribution in [3.05, 3.63) is 28.8 Å². The number of thiazole rings is 1. The number of fused-ring (bicyclic) bond motifs is 1. The van der Waals surface area contributed by atoms with Crippen molar-refractivity contribution in [1.29, 1.82) is 0 Å². The highest BCUT2D eigenvalue weighted by Crippen LogP contribution is 2.26. The van der Waals surface area contributed by atoms with Crippen LogP contribution in [-0.2, 0) is 6.54 Å². The second-order valence-electron chi connectivity index (χ2n) is 6.73. The molecule has 22 heavy (non-hydrogen) atoms. The van der Waals surface area contributed by atoms with E-state index in [1.165, 1.54) is 27.4 Å². The van der Waals surface area contributed by atoms with Gasteiger partial charge in [-0.05, 0) is 57.4 Å². The molecule has 1 aromatic carbocycles. The van der Waals surface area contributed by atoms with Crippen LogP contribution in [0.3, 0.4) is 0 Å². The largest absolute Gasteiger partial charge is 0.297 e. The van der Waals surface area contributed by atoms with Crippen molar-refractivity contribution >= 4 is 27.3 Å². The number of aromatic nitrogens is 1. The number of rotatable bonds is 4. The van der Waals surface area contributed by atoms with Gasteiger partial charge in [0.05, 0.1) is 16.8 Å². The number of nitrogens with zero attached hydrogens (tertiary/aromatic N) is 3. The normalized spacial score (nSPS) is 19.2. The van der Waals surface area contributed by atoms with Crippen LogP contribution in [0.5, 0.6) is 0 Å². The minimum absolute atomic E-state index is 0.543. The average Bonchev–Trinajstić information content (AvgIpc) is 2.89. The third-order valence-corrected chi connectivity index (χ3v) is 5.52. The lowest BCUT2D eigenvalue weighted by Gasteiger charge is -2.19. The van der Waals surface area contributed by atoms with Gasteiger partial charge in [0, 0.05) is 18.3 Å². The first-order chi connectivity index (χ1) is 10.5. The summed E-state index contributed by atoms with van der Waals surface area (Å²) in [5, 5.41) is 1.20. The van der Waals surface area contributed by atoms with E-state index in [1.54, 1.807) is 11.3 Å². The second kappa shape index (κ2) is 6.47. The van der Waals surface area contributed by atoms with Gasteiger partial charge in [0.2, 0.25) is 0 Å². The Labute approximate surface area is 137 Å². The van der Waals surface area contributed by atoms with E-state index < -0.39 is 0 Å². The predicted octanol–water partition coefficient (Wildman–Crippen LogP) is 4.36. The van der Waals surface area contributed by atoms with Crippen LogP contribution in [0.2, 0.25) is 0 Å². The van der Waals surface area contributed by atoms with Crippen molar-refractivity contribution in [2.75, 3.05) is 13.6 Å². The maximum Gasteiger partial charge on any atom is 0.108 e. The highest BCUT2D eigenvalue weighted by molar-refractivity contribution is 7.18. The smallest absolute Gasteiger partial charge is 0.108 e. The summed E-state index contributed by atoms with van der Waals surface area (Å²) in [5.41, 5.74) is 3.64. The molecule has 0 saturated carbocycles. The van der Waals surface area contributed by atoms with Crippen LogP contribution in [0.1, 0.15) is 44.2 Å². The van der Waals surface area contributed by atoms with Crippen LogP contribution < -0.4 is 0 Å². The summed E-state index contributed by atoms with van der Waals surface area (Å²) in [6, 6.07) is 7.19. The van der Waals surface area contributed by atoms with Crippen LogP contribution >= 0.6 is 11.3 Å². The molecule has 4 heteroatoms. The van der Waals surface area contributed by atoms with E-state index >= 15 is 0 Å². The Morgan fingerprint density at radius 1 is 1.36 bits per heavy atom. The topological polar surface area (TPSA) is 28.5 Å². The molecule has 0 aliphatic carbocycles. The zero-order valence-electron chi connectivity index (χ0n) is 14.0. The van der Waals surface area contributed by atoms with Crippen LogP contribution in [0.25, 0.3) is 10.2 Å². The Kier molecular flexibility index (Phi) is 4.59. The minimum Gasteiger partial charge on any atom is -0.297 e. The predicted molar refractivity (Wildman–Crippen MR) is 96.0 cm³/mol. The zero-order chi connectivity index (χ0) is 15.7. The maximum atomic E-state index is 4.83. The van der Waals surface area contributed by atoms with Crippen molar-refractivity contribution in [2.24, 2.45) is 10.9 Å². The quantitative estimate of drug-likeness (QED) is 0.839. The molecule has 3 rings (SSSR count). The van der Waals surface area contributed by atoms with Crippen LogP contribution in [0, 0.1) is 5.92 Å². The highest BCUT2D eigenvalue weighted by Gasteiger charge is 2.15. The fraction of sp³-hybridized carbons (Fsp3) is 0.556. The summed E-state index contributed by atoms with van der Waals surface area (Å²) in [4.78, 5) is 11.9. The SMILES string of the molecule is CC(C)N(C)Cc1nc2cc(C3=NC[C@@H](C)CC3)ccc2s1. The van der Waals surface area contributed by atoms with Gasteiger partial charge in [-0.15, -0.1) is 11.3 Å². The first-order valence-electron chi connectivity index (χ1n) is 8.16. The molecular weight excluding hydrogens is 290 g/mol. The summed E-state index contributed by atoms with van der Waals surface area (Å²) in [7, 11) is 2.15. The molecule has 1 atom stereocenters. The van der Waals surface area contributed by atoms with Gasteiger partial charge in [-0.2, -0.15) is 0 Å². The minimum atomic E-state index is 0.543. The van der Waals surface area contributed by atoms with Crippen molar-refractivity contribution in [3.63, 3.8) is 0 Å². The van der Waals surface area contributed by atoms with Gasteiger partial charge in [0.1, 0.15) is 5.01 Å². The third-order valence-electron chi connectivity index (χ3n) is 4.50. The Bertz CT molecular complexity index is 687. The zero-order valence-corrected chi connectivity index (χ0v) is 14.8. The Hall–Kier alpha value is -1.26. The number of hydrogen-bond acceptors (Lipinski definition) is 4. The molecular formula is C18H25N3S. The number of benzene rings is 1. The molecule has 1 aromatic heterocycles. The van der Waals surface area contributed by atoms with Gasteiger partial charge in [-0.25, -0.2) is 4.98 Å². The van der Waals surface area contributed by atoms with Gasteiger partial charge in [0.15, 0.2) is 0 Å². The Morgan fingerprint density at radius 3 is 2.86 bits per heavy atom. The molecule has 0 bridgehead atoms.